The molecule has 2 nitrogen and oxygen atoms in total. The highest BCUT2D eigenvalue weighted by atomic mass is 32.1. The van der Waals surface area contributed by atoms with Gasteiger partial charge in [0.1, 0.15) is 0 Å². The first-order valence-corrected chi connectivity index (χ1v) is 2.02. The van der Waals surface area contributed by atoms with Crippen LogP contribution in [0.15, 0.2) is 0 Å². The van der Waals surface area contributed by atoms with Gasteiger partial charge in [-0.15, -0.1) is 0 Å². The van der Waals surface area contributed by atoms with E-state index in [1.54, 1.807) is 0 Å². The Balaban J connectivity index is 2.93. The third-order valence-corrected chi connectivity index (χ3v) is 0.493. The second kappa shape index (κ2) is 3.85. The molecule has 0 heterocycles. The number of hydrogen-bond acceptors (Lipinski definition) is 2. The summed E-state index contributed by atoms with van der Waals surface area (Å²) >= 11 is 0.402. The van der Waals surface area contributed by atoms with Crippen LogP contribution in [0.5, 0.6) is 0 Å². The molecule has 0 fully saturated rings. The zero-order valence-corrected chi connectivity index (χ0v) is 3.49. The molecule has 5 heavy (non-hydrogen) atoms. The van der Waals surface area contributed by atoms with Gasteiger partial charge in [-0.1, -0.05) is 0 Å². The van der Waals surface area contributed by atoms with E-state index in [1.165, 1.54) is 5.37 Å². The fourth-order valence-electron chi connectivity index (χ4n) is 0.0393. The fourth-order valence-corrected chi connectivity index (χ4v) is 0.118. The van der Waals surface area contributed by atoms with Crippen LogP contribution in [0.3, 0.4) is 0 Å². The standard InChI is InChI=1S/C2H5NOS/c3-1-2-5-4/h2H,1,3H2. The minimum Gasteiger partial charge on any atom is -0.326 e. The van der Waals surface area contributed by atoms with E-state index in [9.17, 15) is 4.21 Å². The minimum atomic E-state index is 0.369. The van der Waals surface area contributed by atoms with Gasteiger partial charge in [0, 0.05) is 11.9 Å². The van der Waals surface area contributed by atoms with E-state index in [0.29, 0.717) is 17.8 Å². The Morgan fingerprint density at radius 1 is 2.00 bits per heavy atom. The quantitative estimate of drug-likeness (QED) is 0.419. The third kappa shape index (κ3) is 3.85. The topological polar surface area (TPSA) is 43.1 Å². The summed E-state index contributed by atoms with van der Waals surface area (Å²) in [5, 5.41) is 1.39. The lowest BCUT2D eigenvalue weighted by molar-refractivity contribution is 0.701. The summed E-state index contributed by atoms with van der Waals surface area (Å²) in [5.74, 6) is 0. The molecule has 2 N–H and O–H groups in total. The first kappa shape index (κ1) is 4.85. The maximum Gasteiger partial charge on any atom is 0.0854 e. The van der Waals surface area contributed by atoms with Gasteiger partial charge < -0.3 is 5.73 Å². The Morgan fingerprint density at radius 2 is 2.60 bits per heavy atom. The third-order valence-electron chi connectivity index (χ3n) is 0.164. The molecule has 0 rings (SSSR count). The summed E-state index contributed by atoms with van der Waals surface area (Å²) in [7, 11) is 0. The molecule has 0 radical (unpaired) electrons. The van der Waals surface area contributed by atoms with Crippen molar-refractivity contribution in [2.75, 3.05) is 6.54 Å². The van der Waals surface area contributed by atoms with Crippen LogP contribution >= 0.6 is 0 Å². The molecular formula is C2H5NOS. The average Bonchev–Trinajstić information content (AvgIpc) is 1.41. The lowest BCUT2D eigenvalue weighted by Crippen LogP contribution is -1.97. The lowest BCUT2D eigenvalue weighted by Gasteiger charge is -1.59. The normalized spacial score (nSPS) is 6.60. The summed E-state index contributed by atoms with van der Waals surface area (Å²) in [5.41, 5.74) is 4.86. The van der Waals surface area contributed by atoms with Crippen molar-refractivity contribution < 1.29 is 4.21 Å². The molecule has 0 unspecified atom stereocenters. The van der Waals surface area contributed by atoms with Gasteiger partial charge in [-0.05, 0) is 0 Å². The van der Waals surface area contributed by atoms with Crippen molar-refractivity contribution in [1.29, 1.82) is 0 Å². The molecule has 0 aromatic rings. The Labute approximate surface area is 34.1 Å². The average molecular weight is 91.1 g/mol. The van der Waals surface area contributed by atoms with Gasteiger partial charge in [-0.2, -0.15) is 0 Å². The molecule has 0 aliphatic carbocycles. The minimum absolute atomic E-state index is 0.369. The van der Waals surface area contributed by atoms with Crippen LogP contribution < -0.4 is 5.73 Å². The molecule has 0 aromatic carbocycles. The van der Waals surface area contributed by atoms with Crippen LogP contribution in [0, 0.1) is 0 Å². The van der Waals surface area contributed by atoms with E-state index in [0.717, 1.165) is 0 Å². The summed E-state index contributed by atoms with van der Waals surface area (Å²) in [6.45, 7) is 0.369. The summed E-state index contributed by atoms with van der Waals surface area (Å²) in [6.07, 6.45) is 0. The summed E-state index contributed by atoms with van der Waals surface area (Å²) in [4.78, 5) is 0. The molecule has 30 valence electrons. The van der Waals surface area contributed by atoms with Crippen LogP contribution in [0.2, 0.25) is 0 Å². The van der Waals surface area contributed by atoms with Crippen molar-refractivity contribution in [3.63, 3.8) is 0 Å². The summed E-state index contributed by atoms with van der Waals surface area (Å²) < 4.78 is 9.31. The van der Waals surface area contributed by atoms with Crippen molar-refractivity contribution in [2.45, 2.75) is 0 Å². The van der Waals surface area contributed by atoms with Gasteiger partial charge in [-0.25, -0.2) is 4.21 Å². The second-order valence-electron chi connectivity index (χ2n) is 0.499. The van der Waals surface area contributed by atoms with Crippen molar-refractivity contribution in [1.82, 2.24) is 0 Å². The molecule has 0 spiro atoms. The zero-order chi connectivity index (χ0) is 4.12. The van der Waals surface area contributed by atoms with Gasteiger partial charge in [0.2, 0.25) is 0 Å². The molecule has 0 saturated carbocycles. The predicted octanol–water partition coefficient (Wildman–Crippen LogP) is -1.04. The van der Waals surface area contributed by atoms with Gasteiger partial charge in [0.25, 0.3) is 0 Å². The van der Waals surface area contributed by atoms with Crippen molar-refractivity contribution in [3.05, 3.63) is 0 Å². The van der Waals surface area contributed by atoms with E-state index >= 15 is 0 Å². The Bertz CT molecular complexity index is 56.7. The van der Waals surface area contributed by atoms with E-state index < -0.39 is 0 Å². The molecular weight excluding hydrogens is 86.1 g/mol. The SMILES string of the molecule is NCC=S=O. The van der Waals surface area contributed by atoms with Crippen molar-refractivity contribution in [3.8, 4) is 0 Å². The number of rotatable bonds is 1. The smallest absolute Gasteiger partial charge is 0.0854 e. The Hall–Kier alpha value is -0.150. The van der Waals surface area contributed by atoms with Gasteiger partial charge >= 0.3 is 0 Å². The first-order valence-electron chi connectivity index (χ1n) is 1.22. The molecule has 0 aliphatic rings. The maximum absolute atomic E-state index is 9.31. The fraction of sp³-hybridized carbons (Fsp3) is 0.500. The molecule has 0 amide bonds. The van der Waals surface area contributed by atoms with Gasteiger partial charge in [-0.3, -0.25) is 0 Å². The molecule has 0 saturated heterocycles. The molecule has 3 heteroatoms. The van der Waals surface area contributed by atoms with E-state index in [-0.39, 0.29) is 0 Å². The van der Waals surface area contributed by atoms with E-state index in [1.807, 2.05) is 0 Å². The van der Waals surface area contributed by atoms with Crippen LogP contribution in [-0.4, -0.2) is 16.1 Å². The zero-order valence-electron chi connectivity index (χ0n) is 2.68. The van der Waals surface area contributed by atoms with Crippen LogP contribution in [-0.2, 0) is 11.3 Å². The van der Waals surface area contributed by atoms with Crippen molar-refractivity contribution >= 4 is 16.6 Å². The van der Waals surface area contributed by atoms with Crippen LogP contribution in [0.1, 0.15) is 0 Å². The highest BCUT2D eigenvalue weighted by molar-refractivity contribution is 7.64. The largest absolute Gasteiger partial charge is 0.326 e. The molecule has 0 bridgehead atoms. The second-order valence-corrected chi connectivity index (χ2v) is 1.02. The Morgan fingerprint density at radius 3 is 2.60 bits per heavy atom. The molecule has 0 atom stereocenters. The molecule has 0 aromatic heterocycles. The number of hydrogen-bond donors (Lipinski definition) is 1. The Kier molecular flexibility index (Phi) is 3.73. The first-order chi connectivity index (χ1) is 2.41. The van der Waals surface area contributed by atoms with Crippen molar-refractivity contribution in [2.24, 2.45) is 5.73 Å². The highest BCUT2D eigenvalue weighted by Crippen LogP contribution is 1.25. The van der Waals surface area contributed by atoms with E-state index in [4.69, 9.17) is 5.73 Å². The van der Waals surface area contributed by atoms with Gasteiger partial charge in [0.15, 0.2) is 0 Å². The van der Waals surface area contributed by atoms with Crippen LogP contribution in [0.25, 0.3) is 0 Å². The maximum atomic E-state index is 9.31. The lowest BCUT2D eigenvalue weighted by atomic mass is 10.8. The monoisotopic (exact) mass is 91.0 g/mol. The van der Waals surface area contributed by atoms with Crippen LogP contribution in [0.4, 0.5) is 0 Å². The highest BCUT2D eigenvalue weighted by Gasteiger charge is 1.52. The number of nitrogens with two attached hydrogens (primary N) is 1. The molecule has 0 aliphatic heterocycles. The predicted molar refractivity (Wildman–Crippen MR) is 23.3 cm³/mol. The summed E-state index contributed by atoms with van der Waals surface area (Å²) in [6, 6.07) is 0. The van der Waals surface area contributed by atoms with E-state index in [2.05, 4.69) is 0 Å². The van der Waals surface area contributed by atoms with Gasteiger partial charge in [0.05, 0.1) is 11.3 Å².